The summed E-state index contributed by atoms with van der Waals surface area (Å²) in [5.41, 5.74) is 2.55. The van der Waals surface area contributed by atoms with Gasteiger partial charge in [-0.15, -0.1) is 0 Å². The van der Waals surface area contributed by atoms with Crippen LogP contribution in [0.25, 0.3) is 0 Å². The Hall–Kier alpha value is -2.62. The van der Waals surface area contributed by atoms with Crippen LogP contribution in [-0.2, 0) is 0 Å². The highest BCUT2D eigenvalue weighted by atomic mass is 16.3. The highest BCUT2D eigenvalue weighted by molar-refractivity contribution is 5.84. The maximum atomic E-state index is 10.1. The van der Waals surface area contributed by atoms with Crippen molar-refractivity contribution in [3.63, 3.8) is 0 Å². The molecule has 24 heavy (non-hydrogen) atoms. The first-order valence-corrected chi connectivity index (χ1v) is 8.22. The molecule has 2 aromatic carbocycles. The van der Waals surface area contributed by atoms with Crippen LogP contribution >= 0.6 is 0 Å². The van der Waals surface area contributed by atoms with Gasteiger partial charge >= 0.3 is 0 Å². The SMILES string of the molecule is CCC(C)c1ccc(C=NCCN=Cc2ccccc2O)c(O)c1. The van der Waals surface area contributed by atoms with E-state index in [4.69, 9.17) is 0 Å². The third kappa shape index (κ3) is 4.95. The predicted molar refractivity (Wildman–Crippen MR) is 99.8 cm³/mol. The Morgan fingerprint density at radius 1 is 0.917 bits per heavy atom. The van der Waals surface area contributed by atoms with Crippen LogP contribution < -0.4 is 0 Å². The average molecular weight is 324 g/mol. The van der Waals surface area contributed by atoms with Gasteiger partial charge in [0.1, 0.15) is 11.5 Å². The van der Waals surface area contributed by atoms with E-state index in [1.165, 1.54) is 0 Å². The van der Waals surface area contributed by atoms with Crippen LogP contribution in [0.3, 0.4) is 0 Å². The first kappa shape index (κ1) is 17.7. The fraction of sp³-hybridized carbons (Fsp3) is 0.300. The summed E-state index contributed by atoms with van der Waals surface area (Å²) in [5, 5.41) is 19.7. The number of phenolic OH excluding ortho intramolecular Hbond substituents is 2. The van der Waals surface area contributed by atoms with Crippen molar-refractivity contribution >= 4 is 12.4 Å². The molecule has 0 heterocycles. The summed E-state index contributed by atoms with van der Waals surface area (Å²) in [6.07, 6.45) is 4.36. The summed E-state index contributed by atoms with van der Waals surface area (Å²) in [4.78, 5) is 8.53. The molecule has 0 bridgehead atoms. The Kier molecular flexibility index (Phi) is 6.55. The van der Waals surface area contributed by atoms with Crippen molar-refractivity contribution in [1.82, 2.24) is 0 Å². The molecule has 0 amide bonds. The van der Waals surface area contributed by atoms with Gasteiger partial charge in [0.25, 0.3) is 0 Å². The molecule has 4 nitrogen and oxygen atoms in total. The summed E-state index contributed by atoms with van der Waals surface area (Å²) in [6.45, 7) is 5.32. The Labute approximate surface area is 143 Å². The van der Waals surface area contributed by atoms with Crippen molar-refractivity contribution in [2.24, 2.45) is 9.98 Å². The van der Waals surface area contributed by atoms with Crippen LogP contribution in [0.15, 0.2) is 52.4 Å². The highest BCUT2D eigenvalue weighted by Crippen LogP contribution is 2.24. The molecule has 4 heteroatoms. The molecule has 0 radical (unpaired) electrons. The molecule has 0 aliphatic heterocycles. The van der Waals surface area contributed by atoms with Crippen LogP contribution in [0.1, 0.15) is 42.9 Å². The smallest absolute Gasteiger partial charge is 0.124 e. The van der Waals surface area contributed by atoms with Gasteiger partial charge in [-0.3, -0.25) is 9.98 Å². The lowest BCUT2D eigenvalue weighted by atomic mass is 9.97. The van der Waals surface area contributed by atoms with Crippen LogP contribution in [0.5, 0.6) is 11.5 Å². The van der Waals surface area contributed by atoms with Crippen molar-refractivity contribution in [3.8, 4) is 11.5 Å². The molecule has 2 aromatic rings. The van der Waals surface area contributed by atoms with E-state index in [1.807, 2.05) is 24.3 Å². The van der Waals surface area contributed by atoms with Crippen LogP contribution in [0.2, 0.25) is 0 Å². The van der Waals surface area contributed by atoms with E-state index >= 15 is 0 Å². The first-order valence-electron chi connectivity index (χ1n) is 8.22. The van der Waals surface area contributed by atoms with Gasteiger partial charge in [-0.25, -0.2) is 0 Å². The summed E-state index contributed by atoms with van der Waals surface area (Å²) in [7, 11) is 0. The normalized spacial score (nSPS) is 12.9. The second-order valence-corrected chi connectivity index (χ2v) is 5.76. The largest absolute Gasteiger partial charge is 0.507 e. The summed E-state index contributed by atoms with van der Waals surface area (Å²) >= 11 is 0. The van der Waals surface area contributed by atoms with Crippen molar-refractivity contribution in [3.05, 3.63) is 59.2 Å². The maximum Gasteiger partial charge on any atom is 0.124 e. The zero-order valence-corrected chi connectivity index (χ0v) is 14.2. The molecule has 0 aliphatic rings. The monoisotopic (exact) mass is 324 g/mol. The third-order valence-corrected chi connectivity index (χ3v) is 3.99. The third-order valence-electron chi connectivity index (χ3n) is 3.99. The molecule has 1 atom stereocenters. The lowest BCUT2D eigenvalue weighted by molar-refractivity contribution is 0.472. The van der Waals surface area contributed by atoms with E-state index in [-0.39, 0.29) is 11.5 Å². The highest BCUT2D eigenvalue weighted by Gasteiger charge is 2.05. The predicted octanol–water partition coefficient (Wildman–Crippen LogP) is 4.15. The van der Waals surface area contributed by atoms with Gasteiger partial charge in [0.2, 0.25) is 0 Å². The minimum Gasteiger partial charge on any atom is -0.507 e. The second-order valence-electron chi connectivity index (χ2n) is 5.76. The summed E-state index contributed by atoms with van der Waals surface area (Å²) in [5.74, 6) is 0.913. The van der Waals surface area contributed by atoms with Gasteiger partial charge < -0.3 is 10.2 Å². The first-order chi connectivity index (χ1) is 11.6. The number of para-hydroxylation sites is 1. The maximum absolute atomic E-state index is 10.1. The van der Waals surface area contributed by atoms with E-state index < -0.39 is 0 Å². The summed E-state index contributed by atoms with van der Waals surface area (Å²) in [6, 6.07) is 12.8. The topological polar surface area (TPSA) is 65.2 Å². The van der Waals surface area contributed by atoms with Crippen LogP contribution in [0, 0.1) is 0 Å². The van der Waals surface area contributed by atoms with Crippen molar-refractivity contribution in [2.45, 2.75) is 26.2 Å². The van der Waals surface area contributed by atoms with Crippen LogP contribution in [0.4, 0.5) is 0 Å². The van der Waals surface area contributed by atoms with Crippen LogP contribution in [-0.4, -0.2) is 35.7 Å². The Bertz CT molecular complexity index is 723. The molecule has 126 valence electrons. The molecule has 0 aromatic heterocycles. The number of hydrogen-bond acceptors (Lipinski definition) is 4. The number of nitrogens with zero attached hydrogens (tertiary/aromatic N) is 2. The van der Waals surface area contributed by atoms with Gasteiger partial charge in [-0.1, -0.05) is 32.0 Å². The molecule has 0 saturated heterocycles. The number of aliphatic imine (C=N–C) groups is 2. The van der Waals surface area contributed by atoms with Crippen molar-refractivity contribution < 1.29 is 10.2 Å². The minimum atomic E-state index is 0.219. The molecule has 2 N–H and O–H groups in total. The number of rotatable bonds is 7. The molecule has 0 spiro atoms. The Morgan fingerprint density at radius 2 is 1.54 bits per heavy atom. The summed E-state index contributed by atoms with van der Waals surface area (Å²) < 4.78 is 0. The van der Waals surface area contributed by atoms with E-state index in [0.717, 1.165) is 12.0 Å². The molecular formula is C20H24N2O2. The second kappa shape index (κ2) is 8.87. The van der Waals surface area contributed by atoms with E-state index in [2.05, 4.69) is 23.8 Å². The van der Waals surface area contributed by atoms with Crippen molar-refractivity contribution in [1.29, 1.82) is 0 Å². The van der Waals surface area contributed by atoms with Crippen molar-refractivity contribution in [2.75, 3.05) is 13.1 Å². The van der Waals surface area contributed by atoms with E-state index in [1.54, 1.807) is 30.6 Å². The standard InChI is InChI=1S/C20H24N2O2/c1-3-15(2)16-8-9-18(20(24)12-16)14-22-11-10-21-13-17-6-4-5-7-19(17)23/h4-9,12-15,23-24H,3,10-11H2,1-2H3. The van der Waals surface area contributed by atoms with E-state index in [9.17, 15) is 10.2 Å². The molecule has 0 fully saturated rings. The van der Waals surface area contributed by atoms with Gasteiger partial charge in [-0.05, 0) is 42.2 Å². The van der Waals surface area contributed by atoms with Gasteiger partial charge in [0.15, 0.2) is 0 Å². The lowest BCUT2D eigenvalue weighted by Crippen LogP contribution is -1.94. The molecular weight excluding hydrogens is 300 g/mol. The zero-order chi connectivity index (χ0) is 17.4. The average Bonchev–Trinajstić information content (AvgIpc) is 2.59. The number of hydrogen-bond donors (Lipinski definition) is 2. The van der Waals surface area contributed by atoms with E-state index in [0.29, 0.717) is 30.1 Å². The molecule has 0 aliphatic carbocycles. The zero-order valence-electron chi connectivity index (χ0n) is 14.2. The minimum absolute atomic E-state index is 0.219. The molecule has 1 unspecified atom stereocenters. The number of phenols is 2. The Morgan fingerprint density at radius 3 is 2.12 bits per heavy atom. The van der Waals surface area contributed by atoms with Gasteiger partial charge in [0.05, 0.1) is 13.1 Å². The lowest BCUT2D eigenvalue weighted by Gasteiger charge is -2.10. The quantitative estimate of drug-likeness (QED) is 0.593. The Balaban J connectivity index is 1.87. The number of benzene rings is 2. The van der Waals surface area contributed by atoms with Gasteiger partial charge in [-0.2, -0.15) is 0 Å². The molecule has 0 saturated carbocycles. The van der Waals surface area contributed by atoms with Gasteiger partial charge in [0, 0.05) is 23.6 Å². The number of aromatic hydroxyl groups is 2. The fourth-order valence-corrected chi connectivity index (χ4v) is 2.25. The fourth-order valence-electron chi connectivity index (χ4n) is 2.25. The molecule has 2 rings (SSSR count).